The topological polar surface area (TPSA) is 59.9 Å². The van der Waals surface area contributed by atoms with Crippen LogP contribution >= 0.6 is 23.4 Å². The number of amides is 1. The minimum Gasteiger partial charge on any atom is -0.493 e. The van der Waals surface area contributed by atoms with Gasteiger partial charge >= 0.3 is 0 Å². The van der Waals surface area contributed by atoms with Crippen molar-refractivity contribution in [3.05, 3.63) is 58.0 Å². The van der Waals surface area contributed by atoms with Gasteiger partial charge in [-0.3, -0.25) is 4.79 Å². The van der Waals surface area contributed by atoms with Crippen LogP contribution in [-0.4, -0.2) is 24.8 Å². The molecule has 27 heavy (non-hydrogen) atoms. The molecule has 1 amide bonds. The van der Waals surface area contributed by atoms with Gasteiger partial charge in [0.15, 0.2) is 16.7 Å². The lowest BCUT2D eigenvalue weighted by molar-refractivity contribution is -0.115. The third kappa shape index (κ3) is 4.84. The fourth-order valence-corrected chi connectivity index (χ4v) is 3.53. The van der Waals surface area contributed by atoms with E-state index < -0.39 is 0 Å². The van der Waals surface area contributed by atoms with Gasteiger partial charge < -0.3 is 14.8 Å². The highest BCUT2D eigenvalue weighted by Gasteiger charge is 2.24. The zero-order valence-electron chi connectivity index (χ0n) is 15.0. The van der Waals surface area contributed by atoms with Crippen LogP contribution in [0.5, 0.6) is 11.5 Å². The van der Waals surface area contributed by atoms with Gasteiger partial charge in [0.2, 0.25) is 0 Å². The first kappa shape index (κ1) is 19.3. The summed E-state index contributed by atoms with van der Waals surface area (Å²) in [6.45, 7) is 2.57. The van der Waals surface area contributed by atoms with Crippen LogP contribution < -0.4 is 14.8 Å². The molecular formula is C20H19ClN2O3S. The predicted molar refractivity (Wildman–Crippen MR) is 111 cm³/mol. The quantitative estimate of drug-likeness (QED) is 0.688. The summed E-state index contributed by atoms with van der Waals surface area (Å²) in [5.74, 6) is 0.846. The van der Waals surface area contributed by atoms with Crippen molar-refractivity contribution >= 4 is 46.2 Å². The number of hydrogen-bond donors (Lipinski definition) is 1. The summed E-state index contributed by atoms with van der Waals surface area (Å²) in [6, 6.07) is 13.0. The minimum absolute atomic E-state index is 0.198. The lowest BCUT2D eigenvalue weighted by atomic mass is 10.2. The number of ether oxygens (including phenoxy) is 2. The molecule has 1 fully saturated rings. The van der Waals surface area contributed by atoms with Crippen molar-refractivity contribution in [3.8, 4) is 11.5 Å². The summed E-state index contributed by atoms with van der Waals surface area (Å²) in [5, 5.41) is 3.75. The molecular weight excluding hydrogens is 384 g/mol. The number of carbonyl (C=O) groups is 1. The number of nitrogens with zero attached hydrogens (tertiary/aromatic N) is 1. The summed E-state index contributed by atoms with van der Waals surface area (Å²) in [4.78, 5) is 17.2. The molecule has 140 valence electrons. The van der Waals surface area contributed by atoms with Crippen molar-refractivity contribution in [2.24, 2.45) is 4.99 Å². The highest BCUT2D eigenvalue weighted by atomic mass is 35.5. The van der Waals surface area contributed by atoms with E-state index in [9.17, 15) is 4.79 Å². The number of methoxy groups -OCH3 is 1. The van der Waals surface area contributed by atoms with E-state index in [1.165, 1.54) is 11.8 Å². The Bertz CT molecular complexity index is 898. The Morgan fingerprint density at radius 1 is 1.26 bits per heavy atom. The minimum atomic E-state index is -0.198. The van der Waals surface area contributed by atoms with Gasteiger partial charge in [-0.2, -0.15) is 0 Å². The van der Waals surface area contributed by atoms with Crippen molar-refractivity contribution in [3.63, 3.8) is 0 Å². The lowest BCUT2D eigenvalue weighted by Crippen LogP contribution is -2.19. The maximum atomic E-state index is 12.3. The lowest BCUT2D eigenvalue weighted by Gasteiger charge is -2.12. The zero-order valence-corrected chi connectivity index (χ0v) is 16.6. The average molecular weight is 403 g/mol. The summed E-state index contributed by atoms with van der Waals surface area (Å²) >= 11 is 7.62. The monoisotopic (exact) mass is 402 g/mol. The first-order valence-electron chi connectivity index (χ1n) is 8.45. The molecule has 1 aliphatic rings. The highest BCUT2D eigenvalue weighted by Crippen LogP contribution is 2.38. The number of aliphatic imine (C=N–C) groups is 1. The number of rotatable bonds is 6. The number of nitrogens with one attached hydrogen (secondary N) is 1. The van der Waals surface area contributed by atoms with Gasteiger partial charge in [-0.15, -0.1) is 0 Å². The van der Waals surface area contributed by atoms with Crippen LogP contribution in [0.3, 0.4) is 0 Å². The molecule has 0 atom stereocenters. The van der Waals surface area contributed by atoms with Crippen molar-refractivity contribution < 1.29 is 14.3 Å². The van der Waals surface area contributed by atoms with Crippen molar-refractivity contribution in [1.82, 2.24) is 5.32 Å². The first-order chi connectivity index (χ1) is 13.1. The SMILES string of the molecule is CCCOc1c(Cl)cc(/C=C2\SC(=Nc3ccccc3)NC2=O)cc1OC. The zero-order chi connectivity index (χ0) is 19.2. The normalized spacial score (nSPS) is 16.6. The van der Waals surface area contributed by atoms with Crippen LogP contribution in [0.2, 0.25) is 5.02 Å². The molecule has 2 aromatic rings. The van der Waals surface area contributed by atoms with E-state index in [1.807, 2.05) is 37.3 Å². The van der Waals surface area contributed by atoms with Crippen LogP contribution in [0.15, 0.2) is 52.4 Å². The largest absolute Gasteiger partial charge is 0.493 e. The second-order valence-electron chi connectivity index (χ2n) is 5.70. The van der Waals surface area contributed by atoms with Crippen LogP contribution in [0.25, 0.3) is 6.08 Å². The number of carbonyl (C=O) groups excluding carboxylic acids is 1. The van der Waals surface area contributed by atoms with Crippen LogP contribution in [0.4, 0.5) is 5.69 Å². The first-order valence-corrected chi connectivity index (χ1v) is 9.65. The Hall–Kier alpha value is -2.44. The van der Waals surface area contributed by atoms with E-state index in [0.717, 1.165) is 17.7 Å². The van der Waals surface area contributed by atoms with E-state index in [-0.39, 0.29) is 5.91 Å². The fourth-order valence-electron chi connectivity index (χ4n) is 2.42. The summed E-state index contributed by atoms with van der Waals surface area (Å²) in [5.41, 5.74) is 1.53. The molecule has 1 saturated heterocycles. The standard InChI is InChI=1S/C20H19ClN2O3S/c1-3-9-26-18-15(21)10-13(11-16(18)25-2)12-17-19(24)23-20(27-17)22-14-7-5-4-6-8-14/h4-8,10-12H,3,9H2,1-2H3,(H,22,23,24)/b17-12-. The third-order valence-electron chi connectivity index (χ3n) is 3.64. The van der Waals surface area contributed by atoms with Crippen LogP contribution in [-0.2, 0) is 4.79 Å². The molecule has 1 heterocycles. The molecule has 0 aliphatic carbocycles. The molecule has 0 radical (unpaired) electrons. The van der Waals surface area contributed by atoms with E-state index in [4.69, 9.17) is 21.1 Å². The van der Waals surface area contributed by atoms with E-state index in [1.54, 1.807) is 25.3 Å². The summed E-state index contributed by atoms with van der Waals surface area (Å²) in [6.07, 6.45) is 2.62. The maximum absolute atomic E-state index is 12.3. The molecule has 1 aliphatic heterocycles. The second-order valence-corrected chi connectivity index (χ2v) is 7.14. The van der Waals surface area contributed by atoms with Crippen molar-refractivity contribution in [1.29, 1.82) is 0 Å². The Kier molecular flexibility index (Phi) is 6.42. The summed E-state index contributed by atoms with van der Waals surface area (Å²) in [7, 11) is 1.56. The Morgan fingerprint density at radius 3 is 2.74 bits per heavy atom. The van der Waals surface area contributed by atoms with Crippen LogP contribution in [0.1, 0.15) is 18.9 Å². The fraction of sp³-hybridized carbons (Fsp3) is 0.200. The predicted octanol–water partition coefficient (Wildman–Crippen LogP) is 5.03. The molecule has 5 nitrogen and oxygen atoms in total. The molecule has 1 N–H and O–H groups in total. The van der Waals surface area contributed by atoms with Gasteiger partial charge in [-0.1, -0.05) is 36.7 Å². The molecule has 0 spiro atoms. The van der Waals surface area contributed by atoms with Gasteiger partial charge in [-0.05, 0) is 54.1 Å². The van der Waals surface area contributed by atoms with Crippen molar-refractivity contribution in [2.45, 2.75) is 13.3 Å². The second kappa shape index (κ2) is 8.97. The number of benzene rings is 2. The number of hydrogen-bond acceptors (Lipinski definition) is 5. The average Bonchev–Trinajstić information content (AvgIpc) is 3.00. The molecule has 2 aromatic carbocycles. The number of amidine groups is 1. The van der Waals surface area contributed by atoms with Gasteiger partial charge in [-0.25, -0.2) is 4.99 Å². The third-order valence-corrected chi connectivity index (χ3v) is 4.83. The molecule has 0 bridgehead atoms. The van der Waals surface area contributed by atoms with E-state index in [2.05, 4.69) is 10.3 Å². The van der Waals surface area contributed by atoms with Gasteiger partial charge in [0.05, 0.1) is 29.3 Å². The number of thioether (sulfide) groups is 1. The number of halogens is 1. The molecule has 0 saturated carbocycles. The highest BCUT2D eigenvalue weighted by molar-refractivity contribution is 8.18. The Labute approximate surface area is 167 Å². The molecule has 0 aromatic heterocycles. The van der Waals surface area contributed by atoms with Gasteiger partial charge in [0.25, 0.3) is 5.91 Å². The van der Waals surface area contributed by atoms with Crippen LogP contribution in [0, 0.1) is 0 Å². The van der Waals surface area contributed by atoms with Gasteiger partial charge in [0.1, 0.15) is 0 Å². The maximum Gasteiger partial charge on any atom is 0.264 e. The number of para-hydroxylation sites is 1. The summed E-state index contributed by atoms with van der Waals surface area (Å²) < 4.78 is 11.0. The smallest absolute Gasteiger partial charge is 0.264 e. The van der Waals surface area contributed by atoms with E-state index >= 15 is 0 Å². The van der Waals surface area contributed by atoms with Crippen molar-refractivity contribution in [2.75, 3.05) is 13.7 Å². The Balaban J connectivity index is 1.85. The Morgan fingerprint density at radius 2 is 2.04 bits per heavy atom. The molecule has 3 rings (SSSR count). The van der Waals surface area contributed by atoms with E-state index in [0.29, 0.717) is 33.2 Å². The molecule has 7 heteroatoms. The molecule has 0 unspecified atom stereocenters. The van der Waals surface area contributed by atoms with Gasteiger partial charge in [0, 0.05) is 0 Å².